The highest BCUT2D eigenvalue weighted by molar-refractivity contribution is 7.37. The second-order valence-electron chi connectivity index (χ2n) is 4.53. The van der Waals surface area contributed by atoms with Crippen molar-refractivity contribution in [1.82, 2.24) is 0 Å². The number of hydrogen-bond acceptors (Lipinski definition) is 0. The molecule has 3 aromatic rings. The van der Waals surface area contributed by atoms with Gasteiger partial charge < -0.3 is 0 Å². The summed E-state index contributed by atoms with van der Waals surface area (Å²) in [7, 11) is 0. The number of halogens is 3. The molecule has 3 aromatic carbocycles. The van der Waals surface area contributed by atoms with Crippen molar-refractivity contribution < 1.29 is 13.2 Å². The lowest BCUT2D eigenvalue weighted by Gasteiger charge is -2.09. The van der Waals surface area contributed by atoms with Gasteiger partial charge in [-0.1, -0.05) is 98.4 Å². The molecular weight excluding hydrogens is 317 g/mol. The molecule has 0 saturated carbocycles. The summed E-state index contributed by atoms with van der Waals surface area (Å²) in [4.78, 5) is 0. The molecule has 0 amide bonds. The van der Waals surface area contributed by atoms with Crippen LogP contribution in [0.15, 0.2) is 84.9 Å². The minimum Gasteiger partial charge on any atom is -0.174 e. The highest BCUT2D eigenvalue weighted by Gasteiger charge is 2.05. The van der Waals surface area contributed by atoms with Crippen molar-refractivity contribution in [2.75, 3.05) is 0 Å². The van der Waals surface area contributed by atoms with E-state index in [1.165, 1.54) is 22.3 Å². The number of benzene rings is 3. The monoisotopic (exact) mass is 335 g/mol. The lowest BCUT2D eigenvalue weighted by atomic mass is 9.95. The van der Waals surface area contributed by atoms with E-state index in [0.29, 0.717) is 0 Å². The third-order valence-electron chi connectivity index (χ3n) is 3.10. The summed E-state index contributed by atoms with van der Waals surface area (Å²) < 4.78 is 29.0. The van der Waals surface area contributed by atoms with E-state index in [2.05, 4.69) is 84.9 Å². The molecule has 0 saturated heterocycles. The standard InChI is InChI=1S/C18H14.CHF3.H2S/c1-3-9-15(10-4-1)17-13-7-8-14-18(17)16-11-5-2-6-12-16;2-1(3)4;/h1-14H;1H;1H2/p+1. The Morgan fingerprint density at radius 2 is 0.739 bits per heavy atom. The lowest BCUT2D eigenvalue weighted by Crippen LogP contribution is -1.83. The lowest BCUT2D eigenvalue weighted by molar-refractivity contribution is 0.00819. The van der Waals surface area contributed by atoms with Gasteiger partial charge in [0, 0.05) is 0 Å². The smallest absolute Gasteiger partial charge is 0.174 e. The molecule has 0 aliphatic heterocycles. The normalized spacial score (nSPS) is 9.57. The van der Waals surface area contributed by atoms with E-state index in [-0.39, 0.29) is 13.5 Å². The van der Waals surface area contributed by atoms with Crippen LogP contribution in [0.2, 0.25) is 0 Å². The van der Waals surface area contributed by atoms with Gasteiger partial charge in [0.15, 0.2) is 0 Å². The zero-order valence-corrected chi connectivity index (χ0v) is 13.5. The highest BCUT2D eigenvalue weighted by Crippen LogP contribution is 2.31. The van der Waals surface area contributed by atoms with Crippen molar-refractivity contribution in [2.45, 2.75) is 6.68 Å². The third kappa shape index (κ3) is 5.83. The fraction of sp³-hybridized carbons (Fsp3) is 0.0526. The minimum atomic E-state index is -3.67. The molecule has 120 valence electrons. The van der Waals surface area contributed by atoms with Crippen LogP contribution in [0, 0.1) is 0 Å². The minimum absolute atomic E-state index is 0. The summed E-state index contributed by atoms with van der Waals surface area (Å²) in [6.45, 7) is -3.67. The zero-order valence-electron chi connectivity index (χ0n) is 12.4. The van der Waals surface area contributed by atoms with E-state index in [1.54, 1.807) is 0 Å². The predicted octanol–water partition coefficient (Wildman–Crippen LogP) is 5.39. The van der Waals surface area contributed by atoms with Crippen molar-refractivity contribution >= 4 is 13.5 Å². The first kappa shape index (κ1) is 18.8. The van der Waals surface area contributed by atoms with E-state index in [1.807, 2.05) is 0 Å². The Morgan fingerprint density at radius 3 is 1.04 bits per heavy atom. The van der Waals surface area contributed by atoms with Gasteiger partial charge in [-0.05, 0) is 22.3 Å². The van der Waals surface area contributed by atoms with Crippen LogP contribution >= 0.6 is 0 Å². The van der Waals surface area contributed by atoms with Gasteiger partial charge in [0.25, 0.3) is 0 Å². The maximum atomic E-state index is 9.67. The largest absolute Gasteiger partial charge is 0.379 e. The zero-order chi connectivity index (χ0) is 15.8. The van der Waals surface area contributed by atoms with Crippen LogP contribution in [0.1, 0.15) is 0 Å². The molecule has 0 aliphatic carbocycles. The quantitative estimate of drug-likeness (QED) is 0.551. The molecule has 0 aromatic heterocycles. The number of rotatable bonds is 2. The summed E-state index contributed by atoms with van der Waals surface area (Å²) in [5, 5.41) is 0. The van der Waals surface area contributed by atoms with Gasteiger partial charge in [-0.15, -0.1) is 0 Å². The Hall–Kier alpha value is -2.20. The van der Waals surface area contributed by atoms with Crippen LogP contribution < -0.4 is 0 Å². The topological polar surface area (TPSA) is 0 Å². The van der Waals surface area contributed by atoms with E-state index < -0.39 is 6.68 Å². The summed E-state index contributed by atoms with van der Waals surface area (Å²) in [5.74, 6) is 0. The van der Waals surface area contributed by atoms with Gasteiger partial charge in [0.2, 0.25) is 0 Å². The molecule has 0 fully saturated rings. The van der Waals surface area contributed by atoms with Crippen molar-refractivity contribution in [3.05, 3.63) is 84.9 Å². The van der Waals surface area contributed by atoms with Crippen LogP contribution in [0.25, 0.3) is 22.3 Å². The molecular formula is C19H18F3S+. The summed E-state index contributed by atoms with van der Waals surface area (Å²) in [6.07, 6.45) is 0. The van der Waals surface area contributed by atoms with Crippen LogP contribution in [0.4, 0.5) is 13.2 Å². The second-order valence-corrected chi connectivity index (χ2v) is 4.53. The Morgan fingerprint density at radius 1 is 0.478 bits per heavy atom. The molecule has 0 radical (unpaired) electrons. The predicted molar refractivity (Wildman–Crippen MR) is 96.0 cm³/mol. The highest BCUT2D eigenvalue weighted by atomic mass is 32.1. The first-order valence-electron chi connectivity index (χ1n) is 6.80. The summed E-state index contributed by atoms with van der Waals surface area (Å²) in [5.41, 5.74) is 5.09. The van der Waals surface area contributed by atoms with Crippen LogP contribution in [0.3, 0.4) is 0 Å². The average molecular weight is 335 g/mol. The second kappa shape index (κ2) is 9.74. The molecule has 0 atom stereocenters. The fourth-order valence-corrected chi connectivity index (χ4v) is 2.22. The fourth-order valence-electron chi connectivity index (χ4n) is 2.22. The third-order valence-corrected chi connectivity index (χ3v) is 3.10. The number of hydrogen-bond donors (Lipinski definition) is 0. The van der Waals surface area contributed by atoms with Crippen LogP contribution in [0.5, 0.6) is 0 Å². The van der Waals surface area contributed by atoms with Crippen molar-refractivity contribution in [3.63, 3.8) is 0 Å². The first-order chi connectivity index (χ1) is 10.7. The molecule has 0 bridgehead atoms. The molecule has 0 heterocycles. The maximum absolute atomic E-state index is 9.67. The Kier molecular flexibility index (Phi) is 7.98. The molecule has 23 heavy (non-hydrogen) atoms. The van der Waals surface area contributed by atoms with E-state index in [4.69, 9.17) is 0 Å². The van der Waals surface area contributed by atoms with Crippen molar-refractivity contribution in [3.8, 4) is 22.3 Å². The molecule has 4 heteroatoms. The SMILES string of the molecule is FC(F)F.[SH3+].c1ccc(-c2ccccc2-c2ccccc2)cc1. The maximum Gasteiger partial charge on any atom is 0.379 e. The molecule has 0 aliphatic rings. The number of alkyl halides is 3. The van der Waals surface area contributed by atoms with Gasteiger partial charge in [-0.2, -0.15) is 13.2 Å². The first-order valence-corrected chi connectivity index (χ1v) is 6.80. The molecule has 0 spiro atoms. The Labute approximate surface area is 141 Å². The molecule has 0 nitrogen and oxygen atoms in total. The van der Waals surface area contributed by atoms with E-state index in [9.17, 15) is 13.2 Å². The van der Waals surface area contributed by atoms with E-state index in [0.717, 1.165) is 0 Å². The van der Waals surface area contributed by atoms with Crippen molar-refractivity contribution in [1.29, 1.82) is 0 Å². The Balaban J connectivity index is 0.000000478. The van der Waals surface area contributed by atoms with E-state index >= 15 is 0 Å². The van der Waals surface area contributed by atoms with Crippen LogP contribution in [-0.2, 0) is 13.5 Å². The average Bonchev–Trinajstić information content (AvgIpc) is 2.56. The van der Waals surface area contributed by atoms with Crippen LogP contribution in [-0.4, -0.2) is 6.68 Å². The molecule has 3 rings (SSSR count). The van der Waals surface area contributed by atoms with Gasteiger partial charge in [0.1, 0.15) is 0 Å². The summed E-state index contributed by atoms with van der Waals surface area (Å²) >= 11 is 0. The summed E-state index contributed by atoms with van der Waals surface area (Å²) in [6, 6.07) is 29.6. The van der Waals surface area contributed by atoms with Gasteiger partial charge in [-0.25, -0.2) is 0 Å². The Bertz CT molecular complexity index is 624. The van der Waals surface area contributed by atoms with Gasteiger partial charge >= 0.3 is 6.68 Å². The van der Waals surface area contributed by atoms with Crippen molar-refractivity contribution in [2.24, 2.45) is 0 Å². The molecule has 0 N–H and O–H groups in total. The van der Waals surface area contributed by atoms with Gasteiger partial charge in [-0.3, -0.25) is 0 Å². The molecule has 0 unspecified atom stereocenters. The van der Waals surface area contributed by atoms with Gasteiger partial charge in [0.05, 0.1) is 0 Å².